The topological polar surface area (TPSA) is 83.5 Å². The highest BCUT2D eigenvalue weighted by atomic mass is 16.2. The Balaban J connectivity index is 2.07. The molecule has 84 valence electrons. The van der Waals surface area contributed by atoms with Gasteiger partial charge in [-0.1, -0.05) is 12.8 Å². The third-order valence-electron chi connectivity index (χ3n) is 3.03. The molecule has 0 atom stereocenters. The zero-order chi connectivity index (χ0) is 11.1. The molecule has 0 aliphatic heterocycles. The molecule has 0 radical (unpaired) electrons. The van der Waals surface area contributed by atoms with E-state index in [9.17, 15) is 9.59 Å². The third-order valence-corrected chi connectivity index (χ3v) is 3.03. The quantitative estimate of drug-likeness (QED) is 0.775. The minimum Gasteiger partial charge on any atom is -0.339 e. The van der Waals surface area contributed by atoms with E-state index in [-0.39, 0.29) is 11.2 Å². The van der Waals surface area contributed by atoms with E-state index in [1.807, 2.05) is 0 Å². The van der Waals surface area contributed by atoms with Crippen molar-refractivity contribution in [2.75, 3.05) is 0 Å². The lowest BCUT2D eigenvalue weighted by atomic mass is 10.3. The Hall–Kier alpha value is -1.85. The van der Waals surface area contributed by atoms with Gasteiger partial charge in [-0.15, -0.1) is 0 Å². The normalized spacial score (nSPS) is 15.8. The molecule has 16 heavy (non-hydrogen) atoms. The van der Waals surface area contributed by atoms with Gasteiger partial charge in [-0.2, -0.15) is 0 Å². The van der Waals surface area contributed by atoms with Gasteiger partial charge in [0.15, 0.2) is 5.65 Å². The molecular formula is C10H12N4O2. The molecule has 3 rings (SSSR count). The highest BCUT2D eigenvalue weighted by Crippen LogP contribution is 2.32. The van der Waals surface area contributed by atoms with Crippen LogP contribution < -0.4 is 11.2 Å². The van der Waals surface area contributed by atoms with Gasteiger partial charge in [-0.3, -0.25) is 14.3 Å². The molecule has 2 aromatic heterocycles. The van der Waals surface area contributed by atoms with Crippen molar-refractivity contribution >= 4 is 11.2 Å². The van der Waals surface area contributed by atoms with Gasteiger partial charge in [-0.25, -0.2) is 9.78 Å². The highest BCUT2D eigenvalue weighted by molar-refractivity contribution is 5.67. The van der Waals surface area contributed by atoms with Crippen LogP contribution >= 0.6 is 0 Å². The monoisotopic (exact) mass is 220 g/mol. The smallest absolute Gasteiger partial charge is 0.330 e. The highest BCUT2D eigenvalue weighted by Gasteiger charge is 2.21. The van der Waals surface area contributed by atoms with E-state index < -0.39 is 0 Å². The van der Waals surface area contributed by atoms with Crippen LogP contribution in [-0.4, -0.2) is 19.5 Å². The van der Waals surface area contributed by atoms with Crippen LogP contribution in [0.4, 0.5) is 0 Å². The summed E-state index contributed by atoms with van der Waals surface area (Å²) in [5.74, 6) is 0.698. The fourth-order valence-electron chi connectivity index (χ4n) is 1.87. The lowest BCUT2D eigenvalue weighted by molar-refractivity contribution is 0.561. The van der Waals surface area contributed by atoms with Crippen LogP contribution in [0.2, 0.25) is 0 Å². The molecule has 1 saturated carbocycles. The van der Waals surface area contributed by atoms with Gasteiger partial charge in [-0.05, 0) is 12.3 Å². The summed E-state index contributed by atoms with van der Waals surface area (Å²) in [6.45, 7) is 0.494. The fourth-order valence-corrected chi connectivity index (χ4v) is 1.87. The summed E-state index contributed by atoms with van der Waals surface area (Å²) in [6.07, 6.45) is 4.76. The Morgan fingerprint density at radius 2 is 2.25 bits per heavy atom. The average Bonchev–Trinajstić information content (AvgIpc) is 2.96. The van der Waals surface area contributed by atoms with Crippen molar-refractivity contribution in [3.8, 4) is 0 Å². The molecule has 2 aromatic rings. The van der Waals surface area contributed by atoms with Gasteiger partial charge in [0.2, 0.25) is 0 Å². The average molecular weight is 220 g/mol. The van der Waals surface area contributed by atoms with Crippen LogP contribution in [0.1, 0.15) is 19.3 Å². The van der Waals surface area contributed by atoms with Crippen LogP contribution in [0.15, 0.2) is 15.9 Å². The maximum absolute atomic E-state index is 11.9. The summed E-state index contributed by atoms with van der Waals surface area (Å²) >= 11 is 0. The molecule has 0 bridgehead atoms. The molecule has 0 amide bonds. The predicted octanol–water partition coefficient (Wildman–Crippen LogP) is 0.213. The molecule has 0 unspecified atom stereocenters. The van der Waals surface area contributed by atoms with Crippen LogP contribution in [0.25, 0.3) is 11.2 Å². The Bertz CT molecular complexity index is 632. The van der Waals surface area contributed by atoms with Crippen LogP contribution in [0.5, 0.6) is 0 Å². The van der Waals surface area contributed by atoms with E-state index in [4.69, 9.17) is 0 Å². The number of aromatic nitrogens is 4. The first-order valence-electron chi connectivity index (χ1n) is 5.42. The first-order chi connectivity index (χ1) is 7.75. The van der Waals surface area contributed by atoms with E-state index in [2.05, 4.69) is 15.0 Å². The molecule has 2 N–H and O–H groups in total. The molecule has 1 fully saturated rings. The molecule has 6 nitrogen and oxygen atoms in total. The number of fused-ring (bicyclic) bond motifs is 1. The largest absolute Gasteiger partial charge is 0.339 e. The van der Waals surface area contributed by atoms with Crippen molar-refractivity contribution in [3.05, 3.63) is 27.2 Å². The minimum atomic E-state index is -0.370. The molecule has 1 aliphatic carbocycles. The Kier molecular flexibility index (Phi) is 1.95. The van der Waals surface area contributed by atoms with E-state index >= 15 is 0 Å². The van der Waals surface area contributed by atoms with Crippen molar-refractivity contribution in [1.82, 2.24) is 19.5 Å². The number of H-pyrrole nitrogens is 2. The minimum absolute atomic E-state index is 0.281. The van der Waals surface area contributed by atoms with Crippen LogP contribution in [0, 0.1) is 5.92 Å². The Morgan fingerprint density at radius 1 is 1.44 bits per heavy atom. The van der Waals surface area contributed by atoms with Crippen LogP contribution in [-0.2, 0) is 6.54 Å². The Labute approximate surface area is 90.3 Å². The van der Waals surface area contributed by atoms with Gasteiger partial charge in [0, 0.05) is 6.54 Å². The van der Waals surface area contributed by atoms with Crippen LogP contribution in [0.3, 0.4) is 0 Å². The van der Waals surface area contributed by atoms with E-state index in [0.29, 0.717) is 23.6 Å². The first kappa shape index (κ1) is 9.38. The molecule has 0 aromatic carbocycles. The van der Waals surface area contributed by atoms with E-state index in [1.165, 1.54) is 23.7 Å². The van der Waals surface area contributed by atoms with Crippen molar-refractivity contribution in [2.24, 2.45) is 5.92 Å². The number of imidazole rings is 1. The fraction of sp³-hybridized carbons (Fsp3) is 0.500. The lowest BCUT2D eigenvalue weighted by Crippen LogP contribution is -2.35. The second-order valence-electron chi connectivity index (χ2n) is 4.25. The van der Waals surface area contributed by atoms with E-state index in [0.717, 1.165) is 6.42 Å². The number of nitrogens with one attached hydrogen (secondary N) is 2. The van der Waals surface area contributed by atoms with Gasteiger partial charge in [0.05, 0.1) is 6.33 Å². The summed E-state index contributed by atoms with van der Waals surface area (Å²) in [5, 5.41) is 0. The van der Waals surface area contributed by atoms with Gasteiger partial charge in [0.1, 0.15) is 5.52 Å². The number of hydrogen-bond acceptors (Lipinski definition) is 3. The number of aromatic amines is 2. The summed E-state index contributed by atoms with van der Waals surface area (Å²) in [6, 6.07) is 0. The predicted molar refractivity (Wildman–Crippen MR) is 58.3 cm³/mol. The number of nitrogens with zero attached hydrogens (tertiary/aromatic N) is 2. The van der Waals surface area contributed by atoms with Crippen molar-refractivity contribution in [1.29, 1.82) is 0 Å². The van der Waals surface area contributed by atoms with Gasteiger partial charge >= 0.3 is 5.69 Å². The zero-order valence-electron chi connectivity index (χ0n) is 8.69. The maximum Gasteiger partial charge on any atom is 0.330 e. The van der Waals surface area contributed by atoms with E-state index in [1.54, 1.807) is 0 Å². The first-order valence-corrected chi connectivity index (χ1v) is 5.42. The summed E-state index contributed by atoms with van der Waals surface area (Å²) < 4.78 is 1.25. The summed E-state index contributed by atoms with van der Waals surface area (Å²) in [7, 11) is 0. The van der Waals surface area contributed by atoms with Gasteiger partial charge < -0.3 is 4.98 Å². The standard InChI is InChI=1S/C10H12N4O2/c15-9-7-8(12-5-11-7)13-10(16)14(9)4-3-6-1-2-6/h5-6H,1-4H2,(H,11,12)(H,13,16). The second-order valence-corrected chi connectivity index (χ2v) is 4.25. The summed E-state index contributed by atoms with van der Waals surface area (Å²) in [5.41, 5.74) is 0.0511. The van der Waals surface area contributed by atoms with Crippen molar-refractivity contribution in [2.45, 2.75) is 25.8 Å². The van der Waals surface area contributed by atoms with Crippen molar-refractivity contribution < 1.29 is 0 Å². The lowest BCUT2D eigenvalue weighted by Gasteiger charge is -2.02. The molecule has 0 spiro atoms. The number of hydrogen-bond donors (Lipinski definition) is 2. The third kappa shape index (κ3) is 1.46. The SMILES string of the molecule is O=c1[nH]c2nc[nH]c2c(=O)n1CCC1CC1. The molecule has 6 heteroatoms. The van der Waals surface area contributed by atoms with Crippen molar-refractivity contribution in [3.63, 3.8) is 0 Å². The summed E-state index contributed by atoms with van der Waals surface area (Å²) in [4.78, 5) is 32.8. The zero-order valence-corrected chi connectivity index (χ0v) is 8.69. The molecule has 2 heterocycles. The maximum atomic E-state index is 11.9. The molecule has 1 aliphatic rings. The molecule has 0 saturated heterocycles. The second kappa shape index (κ2) is 3.33. The molecular weight excluding hydrogens is 208 g/mol. The number of rotatable bonds is 3. The van der Waals surface area contributed by atoms with Gasteiger partial charge in [0.25, 0.3) is 5.56 Å². The Morgan fingerprint density at radius 3 is 3.00 bits per heavy atom.